The van der Waals surface area contributed by atoms with Crippen molar-refractivity contribution in [3.63, 3.8) is 0 Å². The Morgan fingerprint density at radius 3 is 2.89 bits per heavy atom. The summed E-state index contributed by atoms with van der Waals surface area (Å²) in [6, 6.07) is 10.4. The van der Waals surface area contributed by atoms with E-state index in [2.05, 4.69) is 44.3 Å². The van der Waals surface area contributed by atoms with Crippen molar-refractivity contribution < 1.29 is 4.74 Å². The number of benzene rings is 1. The first-order chi connectivity index (χ1) is 9.43. The summed E-state index contributed by atoms with van der Waals surface area (Å²) in [6.45, 7) is 3.93. The van der Waals surface area contributed by atoms with Crippen molar-refractivity contribution in [3.05, 3.63) is 47.5 Å². The summed E-state index contributed by atoms with van der Waals surface area (Å²) < 4.78 is 7.63. The lowest BCUT2D eigenvalue weighted by Gasteiger charge is -2.07. The highest BCUT2D eigenvalue weighted by Crippen LogP contribution is 2.07. The third-order valence-corrected chi connectivity index (χ3v) is 3.29. The van der Waals surface area contributed by atoms with Gasteiger partial charge in [0.1, 0.15) is 11.6 Å². The van der Waals surface area contributed by atoms with Gasteiger partial charge in [-0.3, -0.25) is 0 Å². The van der Waals surface area contributed by atoms with Gasteiger partial charge in [0.25, 0.3) is 0 Å². The Balaban J connectivity index is 1.60. The van der Waals surface area contributed by atoms with Crippen LogP contribution in [0.3, 0.4) is 0 Å². The highest BCUT2D eigenvalue weighted by Gasteiger charge is 2.14. The van der Waals surface area contributed by atoms with Gasteiger partial charge in [0.05, 0.1) is 19.8 Å². The van der Waals surface area contributed by atoms with Crippen LogP contribution < -0.4 is 5.32 Å². The second-order valence-corrected chi connectivity index (χ2v) is 4.64. The number of aromatic nitrogens is 3. The van der Waals surface area contributed by atoms with Gasteiger partial charge in [-0.15, -0.1) is 10.2 Å². The number of rotatable bonds is 4. The van der Waals surface area contributed by atoms with Crippen LogP contribution in [0.2, 0.25) is 0 Å². The third kappa shape index (κ3) is 3.00. The zero-order valence-corrected chi connectivity index (χ0v) is 10.9. The number of hydrogen-bond acceptors (Lipinski definition) is 4. The molecule has 2 aromatic rings. The van der Waals surface area contributed by atoms with Gasteiger partial charge >= 0.3 is 0 Å². The maximum atomic E-state index is 5.46. The topological polar surface area (TPSA) is 52.0 Å². The zero-order chi connectivity index (χ0) is 12.9. The molecule has 1 aromatic heterocycles. The summed E-state index contributed by atoms with van der Waals surface area (Å²) in [5, 5.41) is 11.9. The number of fused-ring (bicyclic) bond motifs is 1. The monoisotopic (exact) mass is 258 g/mol. The normalized spacial score (nSPS) is 14.9. The largest absolute Gasteiger partial charge is 0.379 e. The summed E-state index contributed by atoms with van der Waals surface area (Å²) >= 11 is 0. The predicted octanol–water partition coefficient (Wildman–Crippen LogP) is 1.14. The lowest BCUT2D eigenvalue weighted by molar-refractivity contribution is 0.139. The first-order valence-electron chi connectivity index (χ1n) is 6.67. The second-order valence-electron chi connectivity index (χ2n) is 4.64. The first kappa shape index (κ1) is 12.3. The van der Waals surface area contributed by atoms with Crippen LogP contribution in [0.25, 0.3) is 0 Å². The molecule has 1 aliphatic heterocycles. The highest BCUT2D eigenvalue weighted by molar-refractivity contribution is 5.14. The van der Waals surface area contributed by atoms with E-state index in [0.29, 0.717) is 0 Å². The molecule has 0 spiro atoms. The van der Waals surface area contributed by atoms with E-state index in [9.17, 15) is 0 Å². The van der Waals surface area contributed by atoms with Crippen molar-refractivity contribution in [2.45, 2.75) is 26.1 Å². The molecule has 100 valence electrons. The van der Waals surface area contributed by atoms with Gasteiger partial charge in [0.2, 0.25) is 0 Å². The van der Waals surface area contributed by atoms with Gasteiger partial charge in [-0.05, 0) is 5.56 Å². The average molecular weight is 258 g/mol. The minimum atomic E-state index is 0.738. The fraction of sp³-hybridized carbons (Fsp3) is 0.429. The number of nitrogens with zero attached hydrogens (tertiary/aromatic N) is 3. The van der Waals surface area contributed by atoms with E-state index < -0.39 is 0 Å². The van der Waals surface area contributed by atoms with Crippen molar-refractivity contribution in [3.8, 4) is 0 Å². The summed E-state index contributed by atoms with van der Waals surface area (Å²) in [7, 11) is 0. The van der Waals surface area contributed by atoms with E-state index in [1.165, 1.54) is 5.56 Å². The standard InChI is InChI=1S/C14H18N4O/c1-2-4-12(5-3-1)10-15-11-14-17-16-13-6-8-19-9-7-18(13)14/h1-5,15H,6-11H2. The van der Waals surface area contributed by atoms with Gasteiger partial charge in [-0.25, -0.2) is 0 Å². The van der Waals surface area contributed by atoms with Crippen LogP contribution in [0, 0.1) is 0 Å². The highest BCUT2D eigenvalue weighted by atomic mass is 16.5. The van der Waals surface area contributed by atoms with E-state index in [1.54, 1.807) is 0 Å². The summed E-state index contributed by atoms with van der Waals surface area (Å²) in [4.78, 5) is 0. The second kappa shape index (κ2) is 5.95. The lowest BCUT2D eigenvalue weighted by atomic mass is 10.2. The Morgan fingerprint density at radius 2 is 2.00 bits per heavy atom. The molecule has 2 heterocycles. The molecule has 1 aromatic carbocycles. The molecule has 0 atom stereocenters. The fourth-order valence-electron chi connectivity index (χ4n) is 2.28. The van der Waals surface area contributed by atoms with Crippen molar-refractivity contribution in [1.82, 2.24) is 20.1 Å². The predicted molar refractivity (Wildman–Crippen MR) is 71.5 cm³/mol. The van der Waals surface area contributed by atoms with Crippen molar-refractivity contribution >= 4 is 0 Å². The SMILES string of the molecule is c1ccc(CNCc2nnc3n2CCOCC3)cc1. The Hall–Kier alpha value is -1.72. The van der Waals surface area contributed by atoms with Gasteiger partial charge in [-0.1, -0.05) is 30.3 Å². The third-order valence-electron chi connectivity index (χ3n) is 3.29. The zero-order valence-electron chi connectivity index (χ0n) is 10.9. The number of nitrogens with one attached hydrogen (secondary N) is 1. The van der Waals surface area contributed by atoms with Crippen LogP contribution in [0.4, 0.5) is 0 Å². The molecule has 5 heteroatoms. The molecule has 0 unspecified atom stereocenters. The maximum Gasteiger partial charge on any atom is 0.147 e. The maximum absolute atomic E-state index is 5.46. The number of hydrogen-bond donors (Lipinski definition) is 1. The lowest BCUT2D eigenvalue weighted by Crippen LogP contribution is -2.18. The first-order valence-corrected chi connectivity index (χ1v) is 6.67. The van der Waals surface area contributed by atoms with Crippen LogP contribution in [0.15, 0.2) is 30.3 Å². The summed E-state index contributed by atoms with van der Waals surface area (Å²) in [6.07, 6.45) is 0.853. The average Bonchev–Trinajstić information content (AvgIpc) is 2.69. The van der Waals surface area contributed by atoms with Crippen molar-refractivity contribution in [2.24, 2.45) is 0 Å². The molecule has 19 heavy (non-hydrogen) atoms. The van der Waals surface area contributed by atoms with Crippen LogP contribution in [0.1, 0.15) is 17.2 Å². The Morgan fingerprint density at radius 1 is 1.11 bits per heavy atom. The smallest absolute Gasteiger partial charge is 0.147 e. The van der Waals surface area contributed by atoms with Gasteiger partial charge in [0, 0.05) is 19.5 Å². The molecule has 1 aliphatic rings. The van der Waals surface area contributed by atoms with Crippen molar-refractivity contribution in [1.29, 1.82) is 0 Å². The van der Waals surface area contributed by atoms with Crippen LogP contribution in [-0.2, 0) is 30.8 Å². The molecule has 0 bridgehead atoms. The molecule has 0 aliphatic carbocycles. The minimum Gasteiger partial charge on any atom is -0.379 e. The Bertz CT molecular complexity index is 523. The molecule has 1 N–H and O–H groups in total. The molecule has 0 amide bonds. The molecule has 0 saturated carbocycles. The van der Waals surface area contributed by atoms with E-state index in [0.717, 1.165) is 50.9 Å². The van der Waals surface area contributed by atoms with Crippen LogP contribution in [0.5, 0.6) is 0 Å². The molecule has 0 radical (unpaired) electrons. The summed E-state index contributed by atoms with van der Waals surface area (Å²) in [5.41, 5.74) is 1.28. The van der Waals surface area contributed by atoms with Crippen LogP contribution >= 0.6 is 0 Å². The Labute approximate surface area is 112 Å². The molecule has 5 nitrogen and oxygen atoms in total. The molecule has 0 fully saturated rings. The quantitative estimate of drug-likeness (QED) is 0.893. The molecular weight excluding hydrogens is 240 g/mol. The van der Waals surface area contributed by atoms with E-state index in [4.69, 9.17) is 4.74 Å². The van der Waals surface area contributed by atoms with E-state index in [-0.39, 0.29) is 0 Å². The fourth-order valence-corrected chi connectivity index (χ4v) is 2.28. The minimum absolute atomic E-state index is 0.738. The van der Waals surface area contributed by atoms with E-state index >= 15 is 0 Å². The molecular formula is C14H18N4O. The van der Waals surface area contributed by atoms with Gasteiger partial charge < -0.3 is 14.6 Å². The number of ether oxygens (including phenoxy) is 1. The van der Waals surface area contributed by atoms with E-state index in [1.807, 2.05) is 6.07 Å². The molecule has 3 rings (SSSR count). The Kier molecular flexibility index (Phi) is 3.86. The summed E-state index contributed by atoms with van der Waals surface area (Å²) in [5.74, 6) is 2.03. The van der Waals surface area contributed by atoms with Gasteiger partial charge in [0.15, 0.2) is 0 Å². The van der Waals surface area contributed by atoms with Crippen LogP contribution in [-0.4, -0.2) is 28.0 Å². The van der Waals surface area contributed by atoms with Crippen molar-refractivity contribution in [2.75, 3.05) is 13.2 Å². The van der Waals surface area contributed by atoms with Gasteiger partial charge in [-0.2, -0.15) is 0 Å². The molecule has 0 saturated heterocycles.